The number of rotatable bonds is 6. The first-order valence-corrected chi connectivity index (χ1v) is 11.0. The maximum Gasteiger partial charge on any atom is 0.318 e. The number of hydrogen-bond acceptors (Lipinski definition) is 4. The van der Waals surface area contributed by atoms with Crippen molar-refractivity contribution in [1.29, 1.82) is 0 Å². The van der Waals surface area contributed by atoms with E-state index in [1.165, 1.54) is 7.11 Å². The van der Waals surface area contributed by atoms with Crippen molar-refractivity contribution in [3.63, 3.8) is 0 Å². The van der Waals surface area contributed by atoms with E-state index < -0.39 is 16.8 Å². The van der Waals surface area contributed by atoms with E-state index in [9.17, 15) is 13.8 Å². The van der Waals surface area contributed by atoms with Crippen LogP contribution >= 0.6 is 11.6 Å². The minimum Gasteiger partial charge on any atom is -0.468 e. The van der Waals surface area contributed by atoms with E-state index in [1.54, 1.807) is 30.3 Å². The highest BCUT2D eigenvalue weighted by Gasteiger charge is 2.18. The lowest BCUT2D eigenvalue weighted by Gasteiger charge is -2.15. The van der Waals surface area contributed by atoms with E-state index >= 15 is 0 Å². The molecule has 0 saturated carbocycles. The maximum absolute atomic E-state index is 12.9. The van der Waals surface area contributed by atoms with Gasteiger partial charge in [0.05, 0.1) is 34.5 Å². The number of hydrogen-bond donors (Lipinski definition) is 1. The summed E-state index contributed by atoms with van der Waals surface area (Å²) in [6.07, 6.45) is 0. The Bertz CT molecular complexity index is 1140. The SMILES string of the molecule is COC(=O)CS(=O)c1ccc([C@@H](C)NC(=O)c2cc3c(Cl)cc(C)cc3n2C)cc1. The average molecular weight is 447 g/mol. The summed E-state index contributed by atoms with van der Waals surface area (Å²) >= 11 is 6.34. The summed E-state index contributed by atoms with van der Waals surface area (Å²) in [5, 5.41) is 4.43. The number of aromatic nitrogens is 1. The Balaban J connectivity index is 1.75. The number of nitrogens with one attached hydrogen (secondary N) is 1. The minimum absolute atomic E-state index is 0.189. The lowest BCUT2D eigenvalue weighted by Crippen LogP contribution is -2.28. The molecule has 0 fully saturated rings. The first kappa shape index (κ1) is 22.1. The Morgan fingerprint density at radius 1 is 1.20 bits per heavy atom. The first-order chi connectivity index (χ1) is 14.2. The van der Waals surface area contributed by atoms with Gasteiger partial charge in [0.25, 0.3) is 5.91 Å². The lowest BCUT2D eigenvalue weighted by atomic mass is 10.1. The summed E-state index contributed by atoms with van der Waals surface area (Å²) in [5.74, 6) is -0.929. The Morgan fingerprint density at radius 2 is 1.87 bits per heavy atom. The number of halogens is 1. The molecule has 0 saturated heterocycles. The molecule has 30 heavy (non-hydrogen) atoms. The van der Waals surface area contributed by atoms with Crippen LogP contribution in [0.4, 0.5) is 0 Å². The minimum atomic E-state index is -1.47. The highest BCUT2D eigenvalue weighted by molar-refractivity contribution is 7.85. The topological polar surface area (TPSA) is 77.4 Å². The van der Waals surface area contributed by atoms with Gasteiger partial charge < -0.3 is 14.6 Å². The van der Waals surface area contributed by atoms with Gasteiger partial charge in [-0.15, -0.1) is 0 Å². The Labute approximate surface area is 182 Å². The van der Waals surface area contributed by atoms with E-state index in [0.29, 0.717) is 15.6 Å². The highest BCUT2D eigenvalue weighted by Crippen LogP contribution is 2.28. The second kappa shape index (κ2) is 9.02. The largest absolute Gasteiger partial charge is 0.468 e. The molecule has 0 bridgehead atoms. The zero-order valence-corrected chi connectivity index (χ0v) is 18.8. The predicted molar refractivity (Wildman–Crippen MR) is 118 cm³/mol. The zero-order valence-electron chi connectivity index (χ0n) is 17.2. The molecule has 8 heteroatoms. The highest BCUT2D eigenvalue weighted by atomic mass is 35.5. The smallest absolute Gasteiger partial charge is 0.318 e. The molecular formula is C22H23ClN2O4S. The van der Waals surface area contributed by atoms with Crippen LogP contribution in [-0.4, -0.2) is 33.5 Å². The van der Waals surface area contributed by atoms with Gasteiger partial charge in [-0.1, -0.05) is 23.7 Å². The van der Waals surface area contributed by atoms with Gasteiger partial charge in [0.1, 0.15) is 11.4 Å². The molecule has 1 aromatic heterocycles. The van der Waals surface area contributed by atoms with Crippen LogP contribution in [0.1, 0.15) is 34.6 Å². The van der Waals surface area contributed by atoms with Crippen LogP contribution in [0.2, 0.25) is 5.02 Å². The summed E-state index contributed by atoms with van der Waals surface area (Å²) in [5.41, 5.74) is 3.30. The van der Waals surface area contributed by atoms with Crippen LogP contribution in [0, 0.1) is 6.92 Å². The number of carbonyl (C=O) groups is 2. The van der Waals surface area contributed by atoms with Crippen LogP contribution in [-0.2, 0) is 27.4 Å². The summed E-state index contributed by atoms with van der Waals surface area (Å²) < 4.78 is 18.5. The summed E-state index contributed by atoms with van der Waals surface area (Å²) in [7, 11) is 1.63. The van der Waals surface area contributed by atoms with Crippen molar-refractivity contribution >= 4 is 45.2 Å². The number of ether oxygens (including phenoxy) is 1. The number of benzene rings is 2. The summed E-state index contributed by atoms with van der Waals surface area (Å²) in [6.45, 7) is 3.83. The molecule has 1 amide bonds. The number of carbonyl (C=O) groups excluding carboxylic acids is 2. The molecule has 0 aliphatic rings. The second-order valence-electron chi connectivity index (χ2n) is 7.10. The molecule has 158 valence electrons. The summed E-state index contributed by atoms with van der Waals surface area (Å²) in [4.78, 5) is 24.7. The van der Waals surface area contributed by atoms with Gasteiger partial charge in [-0.25, -0.2) is 0 Å². The molecule has 1 heterocycles. The number of aryl methyl sites for hydroxylation is 2. The van der Waals surface area contributed by atoms with Gasteiger partial charge in [-0.2, -0.15) is 0 Å². The fourth-order valence-corrected chi connectivity index (χ4v) is 4.51. The third-order valence-electron chi connectivity index (χ3n) is 4.96. The Hall–Kier alpha value is -2.64. The summed E-state index contributed by atoms with van der Waals surface area (Å²) in [6, 6.07) is 12.4. The number of amides is 1. The molecule has 2 atom stereocenters. The number of fused-ring (bicyclic) bond motifs is 1. The van der Waals surface area contributed by atoms with Crippen molar-refractivity contribution in [2.45, 2.75) is 24.8 Å². The van der Waals surface area contributed by atoms with Gasteiger partial charge in [-0.05, 0) is 55.3 Å². The molecule has 1 unspecified atom stereocenters. The van der Waals surface area contributed by atoms with E-state index in [0.717, 1.165) is 22.0 Å². The van der Waals surface area contributed by atoms with Gasteiger partial charge in [0, 0.05) is 17.3 Å². The third kappa shape index (κ3) is 4.57. The normalized spacial score (nSPS) is 13.1. The van der Waals surface area contributed by atoms with Crippen LogP contribution in [0.3, 0.4) is 0 Å². The van der Waals surface area contributed by atoms with Crippen LogP contribution in [0.15, 0.2) is 47.4 Å². The van der Waals surface area contributed by atoms with Crippen LogP contribution in [0.5, 0.6) is 0 Å². The van der Waals surface area contributed by atoms with Crippen LogP contribution in [0.25, 0.3) is 10.9 Å². The van der Waals surface area contributed by atoms with Crippen molar-refractivity contribution in [2.75, 3.05) is 12.9 Å². The molecule has 0 spiro atoms. The molecule has 1 N–H and O–H groups in total. The predicted octanol–water partition coefficient (Wildman–Crippen LogP) is 3.91. The molecule has 0 radical (unpaired) electrons. The number of methoxy groups -OCH3 is 1. The monoisotopic (exact) mass is 446 g/mol. The average Bonchev–Trinajstić information content (AvgIpc) is 3.05. The Kier molecular flexibility index (Phi) is 6.63. The van der Waals surface area contributed by atoms with E-state index in [1.807, 2.05) is 37.6 Å². The zero-order chi connectivity index (χ0) is 22.0. The van der Waals surface area contributed by atoms with Gasteiger partial charge >= 0.3 is 5.97 Å². The van der Waals surface area contributed by atoms with Crippen molar-refractivity contribution in [2.24, 2.45) is 7.05 Å². The lowest BCUT2D eigenvalue weighted by molar-refractivity contribution is -0.137. The number of esters is 1. The first-order valence-electron chi connectivity index (χ1n) is 9.33. The molecule has 3 rings (SSSR count). The van der Waals surface area contributed by atoms with Gasteiger partial charge in [-0.3, -0.25) is 13.8 Å². The van der Waals surface area contributed by atoms with E-state index in [2.05, 4.69) is 10.1 Å². The molecule has 0 aliphatic heterocycles. The molecular weight excluding hydrogens is 424 g/mol. The standard InChI is InChI=1S/C22H23ClN2O4S/c1-13-9-18(23)17-11-20(25(3)19(17)10-13)22(27)24-14(2)15-5-7-16(8-6-15)30(28)12-21(26)29-4/h5-11,14H,12H2,1-4H3,(H,24,27)/t14-,30?/m1/s1. The van der Waals surface area contributed by atoms with Gasteiger partial charge in [0.2, 0.25) is 0 Å². The van der Waals surface area contributed by atoms with E-state index in [-0.39, 0.29) is 17.7 Å². The molecule has 6 nitrogen and oxygen atoms in total. The van der Waals surface area contributed by atoms with Crippen molar-refractivity contribution < 1.29 is 18.5 Å². The van der Waals surface area contributed by atoms with Gasteiger partial charge in [0.15, 0.2) is 0 Å². The Morgan fingerprint density at radius 3 is 2.50 bits per heavy atom. The fourth-order valence-electron chi connectivity index (χ4n) is 3.25. The maximum atomic E-state index is 12.9. The third-order valence-corrected chi connectivity index (χ3v) is 6.56. The molecule has 3 aromatic rings. The second-order valence-corrected chi connectivity index (χ2v) is 8.96. The fraction of sp³-hybridized carbons (Fsp3) is 0.273. The van der Waals surface area contributed by atoms with E-state index in [4.69, 9.17) is 11.6 Å². The van der Waals surface area contributed by atoms with Crippen LogP contribution < -0.4 is 5.32 Å². The number of nitrogens with zero attached hydrogens (tertiary/aromatic N) is 1. The van der Waals surface area contributed by atoms with Crippen molar-refractivity contribution in [3.05, 3.63) is 64.3 Å². The quantitative estimate of drug-likeness (QED) is 0.582. The molecule has 2 aromatic carbocycles. The van der Waals surface area contributed by atoms with Crippen molar-refractivity contribution in [1.82, 2.24) is 9.88 Å². The molecule has 0 aliphatic carbocycles. The van der Waals surface area contributed by atoms with Crippen molar-refractivity contribution in [3.8, 4) is 0 Å².